The standard InChI is InChI=1S/C8H13N3O/c1-6(8(9)12)3-7-4-11(2)5-10-7/h4-6H,3H2,1-2H3,(H2,9,12)/t6-/m0/s1. The summed E-state index contributed by atoms with van der Waals surface area (Å²) in [6.45, 7) is 1.80. The van der Waals surface area contributed by atoms with Crippen LogP contribution < -0.4 is 5.73 Å². The molecule has 2 N–H and O–H groups in total. The van der Waals surface area contributed by atoms with Crippen LogP contribution in [0.3, 0.4) is 0 Å². The molecular weight excluding hydrogens is 154 g/mol. The number of nitrogens with zero attached hydrogens (tertiary/aromatic N) is 2. The van der Waals surface area contributed by atoms with E-state index in [-0.39, 0.29) is 11.8 Å². The molecule has 0 aliphatic carbocycles. The normalized spacial score (nSPS) is 12.8. The van der Waals surface area contributed by atoms with Crippen LogP contribution in [0.2, 0.25) is 0 Å². The fourth-order valence-corrected chi connectivity index (χ4v) is 0.987. The number of carbonyl (C=O) groups excluding carboxylic acids is 1. The van der Waals surface area contributed by atoms with Gasteiger partial charge in [-0.1, -0.05) is 6.92 Å². The van der Waals surface area contributed by atoms with Gasteiger partial charge in [-0.15, -0.1) is 0 Å². The number of aryl methyl sites for hydroxylation is 1. The van der Waals surface area contributed by atoms with Gasteiger partial charge in [0.05, 0.1) is 12.0 Å². The summed E-state index contributed by atoms with van der Waals surface area (Å²) in [4.78, 5) is 14.8. The molecule has 0 unspecified atom stereocenters. The minimum atomic E-state index is -0.277. The first-order valence-corrected chi connectivity index (χ1v) is 3.85. The maximum absolute atomic E-state index is 10.7. The quantitative estimate of drug-likeness (QED) is 0.693. The number of hydrogen-bond acceptors (Lipinski definition) is 2. The van der Waals surface area contributed by atoms with Crippen LogP contribution >= 0.6 is 0 Å². The molecule has 1 amide bonds. The molecule has 0 saturated heterocycles. The van der Waals surface area contributed by atoms with E-state index >= 15 is 0 Å². The van der Waals surface area contributed by atoms with Crippen LogP contribution in [0.25, 0.3) is 0 Å². The minimum Gasteiger partial charge on any atom is -0.369 e. The summed E-state index contributed by atoms with van der Waals surface area (Å²) in [5.41, 5.74) is 6.02. The third kappa shape index (κ3) is 2.08. The molecular formula is C8H13N3O. The van der Waals surface area contributed by atoms with Crippen molar-refractivity contribution in [3.8, 4) is 0 Å². The largest absolute Gasteiger partial charge is 0.369 e. The van der Waals surface area contributed by atoms with Crippen molar-refractivity contribution in [2.45, 2.75) is 13.3 Å². The van der Waals surface area contributed by atoms with Gasteiger partial charge in [-0.25, -0.2) is 4.98 Å². The van der Waals surface area contributed by atoms with Crippen molar-refractivity contribution in [1.29, 1.82) is 0 Å². The molecule has 12 heavy (non-hydrogen) atoms. The number of hydrogen-bond donors (Lipinski definition) is 1. The van der Waals surface area contributed by atoms with Crippen molar-refractivity contribution in [3.05, 3.63) is 18.2 Å². The Bertz CT molecular complexity index is 280. The molecule has 66 valence electrons. The Morgan fingerprint density at radius 2 is 2.50 bits per heavy atom. The van der Waals surface area contributed by atoms with Gasteiger partial charge >= 0.3 is 0 Å². The third-order valence-electron chi connectivity index (χ3n) is 1.76. The number of imidazole rings is 1. The van der Waals surface area contributed by atoms with Crippen molar-refractivity contribution < 1.29 is 4.79 Å². The van der Waals surface area contributed by atoms with Crippen molar-refractivity contribution >= 4 is 5.91 Å². The maximum atomic E-state index is 10.7. The van der Waals surface area contributed by atoms with Crippen LogP contribution in [-0.2, 0) is 18.3 Å². The van der Waals surface area contributed by atoms with Crippen molar-refractivity contribution in [2.75, 3.05) is 0 Å². The van der Waals surface area contributed by atoms with Gasteiger partial charge in [-0.3, -0.25) is 4.79 Å². The molecule has 0 saturated carbocycles. The Morgan fingerprint density at radius 3 is 2.92 bits per heavy atom. The molecule has 1 aromatic heterocycles. The van der Waals surface area contributed by atoms with Gasteiger partial charge in [0.2, 0.25) is 5.91 Å². The van der Waals surface area contributed by atoms with Gasteiger partial charge in [0, 0.05) is 25.6 Å². The topological polar surface area (TPSA) is 60.9 Å². The minimum absolute atomic E-state index is 0.139. The molecule has 1 atom stereocenters. The molecule has 0 fully saturated rings. The number of aromatic nitrogens is 2. The molecule has 4 heteroatoms. The van der Waals surface area contributed by atoms with Gasteiger partial charge in [-0.2, -0.15) is 0 Å². The molecule has 4 nitrogen and oxygen atoms in total. The first-order valence-electron chi connectivity index (χ1n) is 3.85. The van der Waals surface area contributed by atoms with Crippen LogP contribution in [0.1, 0.15) is 12.6 Å². The van der Waals surface area contributed by atoms with E-state index in [1.54, 1.807) is 13.3 Å². The van der Waals surface area contributed by atoms with E-state index in [9.17, 15) is 4.79 Å². The van der Waals surface area contributed by atoms with E-state index in [0.29, 0.717) is 6.42 Å². The number of primary amides is 1. The zero-order valence-corrected chi connectivity index (χ0v) is 7.32. The van der Waals surface area contributed by atoms with E-state index < -0.39 is 0 Å². The number of rotatable bonds is 3. The van der Waals surface area contributed by atoms with E-state index in [1.807, 2.05) is 17.8 Å². The molecule has 1 rings (SSSR count). The Balaban J connectivity index is 2.58. The van der Waals surface area contributed by atoms with Gasteiger partial charge in [0.25, 0.3) is 0 Å². The fourth-order valence-electron chi connectivity index (χ4n) is 0.987. The van der Waals surface area contributed by atoms with Crippen molar-refractivity contribution in [1.82, 2.24) is 9.55 Å². The highest BCUT2D eigenvalue weighted by Crippen LogP contribution is 2.04. The lowest BCUT2D eigenvalue weighted by Gasteiger charge is -2.02. The summed E-state index contributed by atoms with van der Waals surface area (Å²) in [5, 5.41) is 0. The SMILES string of the molecule is C[C@@H](Cc1cn(C)cn1)C(N)=O. The third-order valence-corrected chi connectivity index (χ3v) is 1.76. The highest BCUT2D eigenvalue weighted by Gasteiger charge is 2.10. The summed E-state index contributed by atoms with van der Waals surface area (Å²) >= 11 is 0. The van der Waals surface area contributed by atoms with Crippen LogP contribution in [0.15, 0.2) is 12.5 Å². The summed E-state index contributed by atoms with van der Waals surface area (Å²) in [5.74, 6) is -0.416. The molecule has 0 aromatic carbocycles. The summed E-state index contributed by atoms with van der Waals surface area (Å²) in [6, 6.07) is 0. The average molecular weight is 167 g/mol. The molecule has 0 bridgehead atoms. The fraction of sp³-hybridized carbons (Fsp3) is 0.500. The van der Waals surface area contributed by atoms with E-state index in [0.717, 1.165) is 5.69 Å². The first-order chi connectivity index (χ1) is 5.59. The molecule has 0 spiro atoms. The molecule has 1 aromatic rings. The first kappa shape index (κ1) is 8.77. The van der Waals surface area contributed by atoms with Crippen molar-refractivity contribution in [3.63, 3.8) is 0 Å². The number of nitrogens with two attached hydrogens (primary N) is 1. The second-order valence-corrected chi connectivity index (χ2v) is 3.04. The molecule has 0 aliphatic heterocycles. The molecule has 0 aliphatic rings. The predicted octanol–water partition coefficient (Wildman–Crippen LogP) is 0.0840. The predicted molar refractivity (Wildman–Crippen MR) is 45.3 cm³/mol. The zero-order chi connectivity index (χ0) is 9.14. The van der Waals surface area contributed by atoms with Crippen molar-refractivity contribution in [2.24, 2.45) is 18.7 Å². The van der Waals surface area contributed by atoms with E-state index in [2.05, 4.69) is 4.98 Å². The monoisotopic (exact) mass is 167 g/mol. The number of amides is 1. The average Bonchev–Trinajstić information content (AvgIpc) is 2.35. The maximum Gasteiger partial charge on any atom is 0.220 e. The lowest BCUT2D eigenvalue weighted by Crippen LogP contribution is -2.22. The van der Waals surface area contributed by atoms with Gasteiger partial charge in [0.1, 0.15) is 0 Å². The Kier molecular flexibility index (Phi) is 2.47. The van der Waals surface area contributed by atoms with E-state index in [4.69, 9.17) is 5.73 Å². The summed E-state index contributed by atoms with van der Waals surface area (Å²) in [6.07, 6.45) is 4.22. The van der Waals surface area contributed by atoms with Gasteiger partial charge in [0.15, 0.2) is 0 Å². The van der Waals surface area contributed by atoms with E-state index in [1.165, 1.54) is 0 Å². The Labute approximate surface area is 71.4 Å². The summed E-state index contributed by atoms with van der Waals surface area (Å²) in [7, 11) is 1.89. The lowest BCUT2D eigenvalue weighted by atomic mass is 10.1. The van der Waals surface area contributed by atoms with Crippen LogP contribution in [0.5, 0.6) is 0 Å². The van der Waals surface area contributed by atoms with Crippen LogP contribution in [0, 0.1) is 5.92 Å². The molecule has 1 heterocycles. The Morgan fingerprint density at radius 1 is 1.83 bits per heavy atom. The highest BCUT2D eigenvalue weighted by molar-refractivity contribution is 5.76. The van der Waals surface area contributed by atoms with Crippen LogP contribution in [0.4, 0.5) is 0 Å². The van der Waals surface area contributed by atoms with Gasteiger partial charge < -0.3 is 10.3 Å². The lowest BCUT2D eigenvalue weighted by molar-refractivity contribution is -0.121. The Hall–Kier alpha value is -1.32. The number of carbonyl (C=O) groups is 1. The zero-order valence-electron chi connectivity index (χ0n) is 7.32. The second kappa shape index (κ2) is 3.38. The highest BCUT2D eigenvalue weighted by atomic mass is 16.1. The smallest absolute Gasteiger partial charge is 0.220 e. The van der Waals surface area contributed by atoms with Gasteiger partial charge in [-0.05, 0) is 0 Å². The molecule has 0 radical (unpaired) electrons. The second-order valence-electron chi connectivity index (χ2n) is 3.04. The summed E-state index contributed by atoms with van der Waals surface area (Å²) < 4.78 is 1.85. The van der Waals surface area contributed by atoms with Crippen LogP contribution in [-0.4, -0.2) is 15.5 Å².